The highest BCUT2D eigenvalue weighted by atomic mass is 16.3. The lowest BCUT2D eigenvalue weighted by molar-refractivity contribution is -0.0661. The van der Waals surface area contributed by atoms with E-state index in [0.717, 1.165) is 24.2 Å². The van der Waals surface area contributed by atoms with Gasteiger partial charge >= 0.3 is 0 Å². The van der Waals surface area contributed by atoms with Crippen molar-refractivity contribution in [3.63, 3.8) is 0 Å². The average Bonchev–Trinajstić information content (AvgIpc) is 2.74. The van der Waals surface area contributed by atoms with Crippen molar-refractivity contribution in [2.75, 3.05) is 0 Å². The minimum atomic E-state index is -0.0296. The van der Waals surface area contributed by atoms with Crippen molar-refractivity contribution in [2.24, 2.45) is 28.6 Å². The summed E-state index contributed by atoms with van der Waals surface area (Å²) in [6, 6.07) is 0. The molecule has 0 saturated heterocycles. The Labute approximate surface area is 123 Å². The van der Waals surface area contributed by atoms with Gasteiger partial charge in [0, 0.05) is 0 Å². The van der Waals surface area contributed by atoms with Crippen LogP contribution in [0.1, 0.15) is 71.6 Å². The quantitative estimate of drug-likeness (QED) is 0.635. The molecule has 0 aromatic carbocycles. The first kappa shape index (κ1) is 13.4. The van der Waals surface area contributed by atoms with Crippen LogP contribution in [0.15, 0.2) is 11.6 Å². The highest BCUT2D eigenvalue weighted by Gasteiger charge is 2.57. The van der Waals surface area contributed by atoms with Crippen molar-refractivity contribution in [3.05, 3.63) is 11.6 Å². The molecule has 0 amide bonds. The van der Waals surface area contributed by atoms with Crippen LogP contribution in [0.3, 0.4) is 0 Å². The van der Waals surface area contributed by atoms with Gasteiger partial charge in [-0.3, -0.25) is 0 Å². The van der Waals surface area contributed by atoms with Crippen LogP contribution in [-0.2, 0) is 0 Å². The zero-order chi connectivity index (χ0) is 14.0. The third-order valence-electron chi connectivity index (χ3n) is 7.97. The fourth-order valence-electron chi connectivity index (χ4n) is 6.67. The Morgan fingerprint density at radius 2 is 1.90 bits per heavy atom. The molecule has 1 heteroatoms. The lowest BCUT2D eigenvalue weighted by Crippen LogP contribution is -2.50. The van der Waals surface area contributed by atoms with E-state index in [9.17, 15) is 5.11 Å². The molecule has 0 aromatic rings. The van der Waals surface area contributed by atoms with Gasteiger partial charge in [-0.15, -0.1) is 0 Å². The van der Waals surface area contributed by atoms with Crippen molar-refractivity contribution in [1.82, 2.24) is 0 Å². The number of aliphatic hydroxyl groups excluding tert-OH is 1. The van der Waals surface area contributed by atoms with Gasteiger partial charge < -0.3 is 5.11 Å². The predicted molar refractivity (Wildman–Crippen MR) is 82.3 cm³/mol. The summed E-state index contributed by atoms with van der Waals surface area (Å²) in [5.41, 5.74) is 2.54. The number of aliphatic hydroxyl groups is 1. The summed E-state index contributed by atoms with van der Waals surface area (Å²) in [6.45, 7) is 4.96. The maximum atomic E-state index is 10.5. The summed E-state index contributed by atoms with van der Waals surface area (Å²) < 4.78 is 0. The van der Waals surface area contributed by atoms with Gasteiger partial charge in [0.1, 0.15) is 0 Å². The van der Waals surface area contributed by atoms with Crippen LogP contribution in [0.5, 0.6) is 0 Å². The van der Waals surface area contributed by atoms with Crippen LogP contribution in [0.25, 0.3) is 0 Å². The SMILES string of the molecule is C[C@]12CCCCC1=CC[C@@H]1[C@H]2CC[C@]2(C)C(O)CC[C@@H]12. The Hall–Kier alpha value is -0.300. The maximum Gasteiger partial charge on any atom is 0.0596 e. The Morgan fingerprint density at radius 3 is 2.75 bits per heavy atom. The van der Waals surface area contributed by atoms with E-state index in [-0.39, 0.29) is 11.5 Å². The van der Waals surface area contributed by atoms with Crippen LogP contribution in [0.2, 0.25) is 0 Å². The Balaban J connectivity index is 1.69. The summed E-state index contributed by atoms with van der Waals surface area (Å²) in [5.74, 6) is 2.55. The van der Waals surface area contributed by atoms with E-state index in [4.69, 9.17) is 0 Å². The minimum Gasteiger partial charge on any atom is -0.393 e. The predicted octanol–water partition coefficient (Wildman–Crippen LogP) is 4.70. The molecule has 1 N–H and O–H groups in total. The molecular weight excluding hydrogens is 244 g/mol. The second-order valence-electron chi connectivity index (χ2n) is 8.60. The molecule has 0 aromatic heterocycles. The lowest BCUT2D eigenvalue weighted by Gasteiger charge is -2.57. The summed E-state index contributed by atoms with van der Waals surface area (Å²) >= 11 is 0. The van der Waals surface area contributed by atoms with Crippen molar-refractivity contribution in [2.45, 2.75) is 77.7 Å². The first-order chi connectivity index (χ1) is 9.56. The van der Waals surface area contributed by atoms with Gasteiger partial charge in [-0.25, -0.2) is 0 Å². The van der Waals surface area contributed by atoms with Gasteiger partial charge in [-0.05, 0) is 80.0 Å². The van der Waals surface area contributed by atoms with E-state index in [1.165, 1.54) is 51.4 Å². The number of rotatable bonds is 0. The van der Waals surface area contributed by atoms with E-state index >= 15 is 0 Å². The zero-order valence-corrected chi connectivity index (χ0v) is 13.2. The fourth-order valence-corrected chi connectivity index (χ4v) is 6.67. The molecule has 4 aliphatic rings. The first-order valence-corrected chi connectivity index (χ1v) is 8.93. The Morgan fingerprint density at radius 1 is 1.05 bits per heavy atom. The smallest absolute Gasteiger partial charge is 0.0596 e. The molecule has 4 rings (SSSR count). The van der Waals surface area contributed by atoms with Crippen molar-refractivity contribution in [1.29, 1.82) is 0 Å². The highest BCUT2D eigenvalue weighted by Crippen LogP contribution is 2.64. The third kappa shape index (κ3) is 1.59. The number of allylic oxidation sites excluding steroid dienone is 2. The number of fused-ring (bicyclic) bond motifs is 5. The normalized spacial score (nSPS) is 54.6. The molecule has 20 heavy (non-hydrogen) atoms. The van der Waals surface area contributed by atoms with Crippen LogP contribution < -0.4 is 0 Å². The molecule has 4 aliphatic carbocycles. The molecule has 3 fully saturated rings. The molecular formula is C19H30O. The molecule has 0 spiro atoms. The van der Waals surface area contributed by atoms with Crippen molar-refractivity contribution < 1.29 is 5.11 Å². The van der Waals surface area contributed by atoms with Gasteiger partial charge in [0.15, 0.2) is 0 Å². The van der Waals surface area contributed by atoms with Gasteiger partial charge in [0.2, 0.25) is 0 Å². The molecule has 0 bridgehead atoms. The molecule has 1 nitrogen and oxygen atoms in total. The number of hydrogen-bond acceptors (Lipinski definition) is 1. The van der Waals surface area contributed by atoms with Gasteiger partial charge in [0.05, 0.1) is 6.10 Å². The van der Waals surface area contributed by atoms with Gasteiger partial charge in [0.25, 0.3) is 0 Å². The summed E-state index contributed by atoms with van der Waals surface area (Å²) in [4.78, 5) is 0. The van der Waals surface area contributed by atoms with E-state index in [2.05, 4.69) is 19.9 Å². The minimum absolute atomic E-state index is 0.0296. The number of hydrogen-bond donors (Lipinski definition) is 1. The molecule has 1 unspecified atom stereocenters. The van der Waals surface area contributed by atoms with Gasteiger partial charge in [-0.2, -0.15) is 0 Å². The lowest BCUT2D eigenvalue weighted by atomic mass is 9.48. The molecule has 3 saturated carbocycles. The molecule has 0 radical (unpaired) electrons. The van der Waals surface area contributed by atoms with E-state index in [1.807, 2.05) is 0 Å². The molecule has 0 aliphatic heterocycles. The van der Waals surface area contributed by atoms with Crippen LogP contribution >= 0.6 is 0 Å². The molecule has 6 atom stereocenters. The maximum absolute atomic E-state index is 10.5. The standard InChI is InChI=1S/C19H30O/c1-18-11-4-3-5-13(18)6-7-14-15-8-9-17(20)19(15,2)12-10-16(14)18/h6,14-17,20H,3-5,7-12H2,1-2H3/t14-,15-,16+,17?,18-,19-/m0/s1. The van der Waals surface area contributed by atoms with Crippen LogP contribution in [0.4, 0.5) is 0 Å². The zero-order valence-electron chi connectivity index (χ0n) is 13.2. The van der Waals surface area contributed by atoms with E-state index < -0.39 is 0 Å². The van der Waals surface area contributed by atoms with Crippen molar-refractivity contribution >= 4 is 0 Å². The average molecular weight is 274 g/mol. The van der Waals surface area contributed by atoms with Crippen molar-refractivity contribution in [3.8, 4) is 0 Å². The summed E-state index contributed by atoms with van der Waals surface area (Å²) in [7, 11) is 0. The van der Waals surface area contributed by atoms with E-state index in [1.54, 1.807) is 5.57 Å². The largest absolute Gasteiger partial charge is 0.393 e. The topological polar surface area (TPSA) is 20.2 Å². The molecule has 0 heterocycles. The van der Waals surface area contributed by atoms with Crippen LogP contribution in [0, 0.1) is 28.6 Å². The second kappa shape index (κ2) is 4.35. The summed E-state index contributed by atoms with van der Waals surface area (Å²) in [5, 5.41) is 10.5. The Bertz CT molecular complexity index is 439. The van der Waals surface area contributed by atoms with Crippen LogP contribution in [-0.4, -0.2) is 11.2 Å². The highest BCUT2D eigenvalue weighted by molar-refractivity contribution is 5.24. The Kier molecular flexibility index (Phi) is 2.91. The first-order valence-electron chi connectivity index (χ1n) is 8.93. The second-order valence-corrected chi connectivity index (χ2v) is 8.60. The van der Waals surface area contributed by atoms with Gasteiger partial charge in [-0.1, -0.05) is 31.9 Å². The summed E-state index contributed by atoms with van der Waals surface area (Å²) in [6.07, 6.45) is 14.5. The molecule has 112 valence electrons. The fraction of sp³-hybridized carbons (Fsp3) is 0.895. The monoisotopic (exact) mass is 274 g/mol. The van der Waals surface area contributed by atoms with E-state index in [0.29, 0.717) is 5.41 Å². The third-order valence-corrected chi connectivity index (χ3v) is 7.97.